The SMILES string of the molecule is CCNc1nc(NCCN2CCCCC2)nc(OCC)n1. The van der Waals surface area contributed by atoms with Crippen LogP contribution in [0.4, 0.5) is 11.9 Å². The van der Waals surface area contributed by atoms with Gasteiger partial charge in [0.05, 0.1) is 6.61 Å². The molecule has 2 heterocycles. The van der Waals surface area contributed by atoms with Gasteiger partial charge < -0.3 is 20.3 Å². The van der Waals surface area contributed by atoms with E-state index in [1.807, 2.05) is 13.8 Å². The number of hydrogen-bond donors (Lipinski definition) is 2. The molecule has 1 aliphatic rings. The molecule has 0 radical (unpaired) electrons. The normalized spacial score (nSPS) is 15.7. The van der Waals surface area contributed by atoms with Crippen molar-refractivity contribution in [2.75, 3.05) is 50.0 Å². The zero-order chi connectivity index (χ0) is 14.9. The van der Waals surface area contributed by atoms with Crippen LogP contribution in [0, 0.1) is 0 Å². The van der Waals surface area contributed by atoms with E-state index in [9.17, 15) is 0 Å². The van der Waals surface area contributed by atoms with Crippen LogP contribution >= 0.6 is 0 Å². The molecule has 21 heavy (non-hydrogen) atoms. The molecular formula is C14H26N6O. The van der Waals surface area contributed by atoms with Crippen molar-refractivity contribution < 1.29 is 4.74 Å². The molecule has 1 aliphatic heterocycles. The number of hydrogen-bond acceptors (Lipinski definition) is 7. The highest BCUT2D eigenvalue weighted by atomic mass is 16.5. The maximum Gasteiger partial charge on any atom is 0.323 e. The van der Waals surface area contributed by atoms with Gasteiger partial charge in [0, 0.05) is 19.6 Å². The Hall–Kier alpha value is -1.63. The van der Waals surface area contributed by atoms with Crippen molar-refractivity contribution in [2.45, 2.75) is 33.1 Å². The van der Waals surface area contributed by atoms with Crippen LogP contribution in [0.2, 0.25) is 0 Å². The van der Waals surface area contributed by atoms with Gasteiger partial charge in [-0.3, -0.25) is 0 Å². The van der Waals surface area contributed by atoms with Crippen LogP contribution < -0.4 is 15.4 Å². The molecule has 118 valence electrons. The van der Waals surface area contributed by atoms with E-state index < -0.39 is 0 Å². The zero-order valence-corrected chi connectivity index (χ0v) is 13.1. The number of ether oxygens (including phenoxy) is 1. The van der Waals surface area contributed by atoms with Crippen LogP contribution in [0.1, 0.15) is 33.1 Å². The van der Waals surface area contributed by atoms with E-state index in [0.717, 1.165) is 19.6 Å². The molecule has 0 atom stereocenters. The van der Waals surface area contributed by atoms with Crippen LogP contribution in [-0.4, -0.2) is 59.2 Å². The van der Waals surface area contributed by atoms with Crippen molar-refractivity contribution in [3.8, 4) is 6.01 Å². The molecular weight excluding hydrogens is 268 g/mol. The summed E-state index contributed by atoms with van der Waals surface area (Å²) < 4.78 is 5.38. The van der Waals surface area contributed by atoms with Crippen molar-refractivity contribution in [2.24, 2.45) is 0 Å². The summed E-state index contributed by atoms with van der Waals surface area (Å²) in [5.41, 5.74) is 0. The predicted molar refractivity (Wildman–Crippen MR) is 83.9 cm³/mol. The number of aromatic nitrogens is 3. The van der Waals surface area contributed by atoms with Crippen molar-refractivity contribution in [1.82, 2.24) is 19.9 Å². The van der Waals surface area contributed by atoms with Crippen LogP contribution in [0.5, 0.6) is 6.01 Å². The molecule has 0 bridgehead atoms. The van der Waals surface area contributed by atoms with Crippen LogP contribution in [0.3, 0.4) is 0 Å². The molecule has 0 amide bonds. The third-order valence-electron chi connectivity index (χ3n) is 3.38. The minimum Gasteiger partial charge on any atom is -0.464 e. The first-order valence-corrected chi connectivity index (χ1v) is 7.90. The van der Waals surface area contributed by atoms with E-state index in [1.54, 1.807) is 0 Å². The van der Waals surface area contributed by atoms with Gasteiger partial charge in [0.2, 0.25) is 11.9 Å². The summed E-state index contributed by atoms with van der Waals surface area (Å²) in [7, 11) is 0. The first-order valence-electron chi connectivity index (χ1n) is 7.90. The Morgan fingerprint density at radius 2 is 1.71 bits per heavy atom. The lowest BCUT2D eigenvalue weighted by Gasteiger charge is -2.26. The topological polar surface area (TPSA) is 75.2 Å². The number of likely N-dealkylation sites (tertiary alicyclic amines) is 1. The van der Waals surface area contributed by atoms with Crippen molar-refractivity contribution in [3.63, 3.8) is 0 Å². The molecule has 1 aromatic rings. The van der Waals surface area contributed by atoms with E-state index in [2.05, 4.69) is 30.5 Å². The highest BCUT2D eigenvalue weighted by Gasteiger charge is 2.10. The summed E-state index contributed by atoms with van der Waals surface area (Å²) in [5, 5.41) is 6.36. The van der Waals surface area contributed by atoms with Gasteiger partial charge in [-0.05, 0) is 39.8 Å². The molecule has 2 N–H and O–H groups in total. The predicted octanol–water partition coefficient (Wildman–Crippen LogP) is 1.60. The Balaban J connectivity index is 1.87. The van der Waals surface area contributed by atoms with Gasteiger partial charge in [0.15, 0.2) is 0 Å². The lowest BCUT2D eigenvalue weighted by Crippen LogP contribution is -2.33. The first-order chi connectivity index (χ1) is 10.3. The molecule has 1 saturated heterocycles. The van der Waals surface area contributed by atoms with Crippen LogP contribution in [0.25, 0.3) is 0 Å². The highest BCUT2D eigenvalue weighted by Crippen LogP contribution is 2.11. The third kappa shape index (κ3) is 5.34. The molecule has 1 aromatic heterocycles. The van der Waals surface area contributed by atoms with Crippen molar-refractivity contribution in [1.29, 1.82) is 0 Å². The average Bonchev–Trinajstić information content (AvgIpc) is 2.49. The lowest BCUT2D eigenvalue weighted by atomic mass is 10.1. The molecule has 0 spiro atoms. The third-order valence-corrected chi connectivity index (χ3v) is 3.38. The summed E-state index contributed by atoms with van der Waals surface area (Å²) in [4.78, 5) is 15.3. The molecule has 0 saturated carbocycles. The number of nitrogens with zero attached hydrogens (tertiary/aromatic N) is 4. The minimum absolute atomic E-state index is 0.365. The van der Waals surface area contributed by atoms with Gasteiger partial charge in [0.1, 0.15) is 0 Å². The summed E-state index contributed by atoms with van der Waals surface area (Å²) in [6, 6.07) is 0.365. The summed E-state index contributed by atoms with van der Waals surface area (Å²) in [6.45, 7) is 9.49. The van der Waals surface area contributed by atoms with Crippen LogP contribution in [-0.2, 0) is 0 Å². The Bertz CT molecular complexity index is 398. The van der Waals surface area contributed by atoms with Gasteiger partial charge in [0.25, 0.3) is 0 Å². The molecule has 7 nitrogen and oxygen atoms in total. The largest absolute Gasteiger partial charge is 0.464 e. The maximum atomic E-state index is 5.38. The Morgan fingerprint density at radius 3 is 2.38 bits per heavy atom. The Morgan fingerprint density at radius 1 is 1.00 bits per heavy atom. The van der Waals surface area contributed by atoms with Crippen LogP contribution in [0.15, 0.2) is 0 Å². The highest BCUT2D eigenvalue weighted by molar-refractivity contribution is 5.35. The maximum absolute atomic E-state index is 5.38. The first kappa shape index (κ1) is 15.8. The van der Waals surface area contributed by atoms with Gasteiger partial charge in [-0.2, -0.15) is 15.0 Å². The molecule has 0 aromatic carbocycles. The minimum atomic E-state index is 0.365. The van der Waals surface area contributed by atoms with E-state index in [1.165, 1.54) is 32.4 Å². The van der Waals surface area contributed by atoms with Gasteiger partial charge in [-0.1, -0.05) is 6.42 Å². The molecule has 0 aliphatic carbocycles. The van der Waals surface area contributed by atoms with Crippen molar-refractivity contribution >= 4 is 11.9 Å². The Labute approximate surface area is 126 Å². The van der Waals surface area contributed by atoms with E-state index in [0.29, 0.717) is 24.5 Å². The van der Waals surface area contributed by atoms with Gasteiger partial charge >= 0.3 is 6.01 Å². The van der Waals surface area contributed by atoms with E-state index in [4.69, 9.17) is 4.74 Å². The van der Waals surface area contributed by atoms with Gasteiger partial charge in [-0.25, -0.2) is 0 Å². The smallest absolute Gasteiger partial charge is 0.323 e. The fourth-order valence-electron chi connectivity index (χ4n) is 2.38. The average molecular weight is 294 g/mol. The summed E-state index contributed by atoms with van der Waals surface area (Å²) >= 11 is 0. The van der Waals surface area contributed by atoms with E-state index in [-0.39, 0.29) is 0 Å². The zero-order valence-electron chi connectivity index (χ0n) is 13.1. The second-order valence-corrected chi connectivity index (χ2v) is 5.06. The second-order valence-electron chi connectivity index (χ2n) is 5.06. The number of anilines is 2. The number of rotatable bonds is 8. The summed E-state index contributed by atoms with van der Waals surface area (Å²) in [5.74, 6) is 1.12. The number of nitrogens with one attached hydrogen (secondary N) is 2. The van der Waals surface area contributed by atoms with E-state index >= 15 is 0 Å². The monoisotopic (exact) mass is 294 g/mol. The second kappa shape index (κ2) is 8.61. The molecule has 2 rings (SSSR count). The molecule has 1 fully saturated rings. The standard InChI is InChI=1S/C14H26N6O/c1-3-15-12-17-13(19-14(18-12)21-4-2)16-8-11-20-9-6-5-7-10-20/h3-11H2,1-2H3,(H2,15,16,17,18,19). The number of piperidine rings is 1. The Kier molecular flexibility index (Phi) is 6.46. The fourth-order valence-corrected chi connectivity index (χ4v) is 2.38. The quantitative estimate of drug-likeness (QED) is 0.754. The lowest BCUT2D eigenvalue weighted by molar-refractivity contribution is 0.237. The van der Waals surface area contributed by atoms with Crippen molar-refractivity contribution in [3.05, 3.63) is 0 Å². The fraction of sp³-hybridized carbons (Fsp3) is 0.786. The van der Waals surface area contributed by atoms with Gasteiger partial charge in [-0.15, -0.1) is 0 Å². The molecule has 0 unspecified atom stereocenters. The summed E-state index contributed by atoms with van der Waals surface area (Å²) in [6.07, 6.45) is 3.98. The molecule has 7 heteroatoms.